The maximum absolute atomic E-state index is 12.4. The summed E-state index contributed by atoms with van der Waals surface area (Å²) < 4.78 is 6.26. The number of benzene rings is 1. The van der Waals surface area contributed by atoms with Crippen molar-refractivity contribution < 1.29 is 9.53 Å². The summed E-state index contributed by atoms with van der Waals surface area (Å²) in [6.45, 7) is 2.59. The van der Waals surface area contributed by atoms with Gasteiger partial charge in [-0.2, -0.15) is 0 Å². The highest BCUT2D eigenvalue weighted by atomic mass is 79.9. The Morgan fingerprint density at radius 2 is 2.11 bits per heavy atom. The second-order valence-electron chi connectivity index (χ2n) is 4.30. The highest BCUT2D eigenvalue weighted by molar-refractivity contribution is 9.10. The Kier molecular flexibility index (Phi) is 3.09. The monoisotopic (exact) mass is 308 g/mol. The first-order valence-corrected chi connectivity index (χ1v) is 6.68. The van der Waals surface area contributed by atoms with E-state index in [-0.39, 0.29) is 5.91 Å². The maximum Gasteiger partial charge on any atom is 0.256 e. The van der Waals surface area contributed by atoms with E-state index in [1.54, 1.807) is 6.20 Å². The summed E-state index contributed by atoms with van der Waals surface area (Å²) in [7, 11) is 0. The van der Waals surface area contributed by atoms with E-state index in [1.807, 2.05) is 23.1 Å². The number of carbonyl (C=O) groups excluding carboxylic acids is 1. The molecule has 3 rings (SSSR count). The van der Waals surface area contributed by atoms with Crippen LogP contribution < -0.4 is 0 Å². The van der Waals surface area contributed by atoms with Gasteiger partial charge < -0.3 is 14.6 Å². The first-order chi connectivity index (χ1) is 8.75. The van der Waals surface area contributed by atoms with E-state index in [4.69, 9.17) is 4.74 Å². The number of nitrogens with zero attached hydrogens (tertiary/aromatic N) is 1. The summed E-state index contributed by atoms with van der Waals surface area (Å²) in [5, 5.41) is 0.967. The van der Waals surface area contributed by atoms with E-state index >= 15 is 0 Å². The van der Waals surface area contributed by atoms with Gasteiger partial charge in [-0.05, 0) is 12.1 Å². The molecule has 1 aliphatic rings. The van der Waals surface area contributed by atoms with Crippen molar-refractivity contribution >= 4 is 32.7 Å². The largest absolute Gasteiger partial charge is 0.378 e. The Morgan fingerprint density at radius 3 is 2.89 bits per heavy atom. The molecule has 0 spiro atoms. The molecule has 1 amide bonds. The molecule has 0 unspecified atom stereocenters. The molecule has 0 aliphatic carbocycles. The molecule has 1 aromatic heterocycles. The second kappa shape index (κ2) is 4.74. The molecule has 1 aromatic carbocycles. The van der Waals surface area contributed by atoms with Gasteiger partial charge in [0.2, 0.25) is 0 Å². The summed E-state index contributed by atoms with van der Waals surface area (Å²) in [4.78, 5) is 17.4. The van der Waals surface area contributed by atoms with Crippen LogP contribution in [0.1, 0.15) is 10.4 Å². The third-order valence-electron chi connectivity index (χ3n) is 3.17. The SMILES string of the molecule is O=C(c1c[nH]c2cc(Br)ccc12)N1CCOCC1. The Morgan fingerprint density at radius 1 is 1.33 bits per heavy atom. The van der Waals surface area contributed by atoms with Gasteiger partial charge in [0, 0.05) is 34.7 Å². The van der Waals surface area contributed by atoms with Gasteiger partial charge in [-0.15, -0.1) is 0 Å². The average molecular weight is 309 g/mol. The van der Waals surface area contributed by atoms with Gasteiger partial charge in [0.25, 0.3) is 5.91 Å². The Labute approximate surface area is 113 Å². The Bertz CT molecular complexity index is 588. The second-order valence-corrected chi connectivity index (χ2v) is 5.21. The molecule has 1 saturated heterocycles. The summed E-state index contributed by atoms with van der Waals surface area (Å²) in [5.41, 5.74) is 1.71. The highest BCUT2D eigenvalue weighted by Crippen LogP contribution is 2.23. The molecule has 4 nitrogen and oxygen atoms in total. The van der Waals surface area contributed by atoms with E-state index in [0.29, 0.717) is 26.3 Å². The van der Waals surface area contributed by atoms with Gasteiger partial charge in [-0.1, -0.05) is 22.0 Å². The standard InChI is InChI=1S/C13H13BrN2O2/c14-9-1-2-10-11(8-15-12(10)7-9)13(17)16-3-5-18-6-4-16/h1-2,7-8,15H,3-6H2. The number of ether oxygens (including phenoxy) is 1. The van der Waals surface area contributed by atoms with E-state index < -0.39 is 0 Å². The number of rotatable bonds is 1. The molecular weight excluding hydrogens is 296 g/mol. The fourth-order valence-corrected chi connectivity index (χ4v) is 2.57. The zero-order valence-electron chi connectivity index (χ0n) is 9.78. The zero-order chi connectivity index (χ0) is 12.5. The predicted octanol–water partition coefficient (Wildman–Crippen LogP) is 2.40. The van der Waals surface area contributed by atoms with Crippen molar-refractivity contribution in [3.8, 4) is 0 Å². The van der Waals surface area contributed by atoms with Crippen LogP contribution in [0.4, 0.5) is 0 Å². The van der Waals surface area contributed by atoms with Crippen molar-refractivity contribution in [3.63, 3.8) is 0 Å². The topological polar surface area (TPSA) is 45.3 Å². The third-order valence-corrected chi connectivity index (χ3v) is 3.67. The maximum atomic E-state index is 12.4. The number of fused-ring (bicyclic) bond motifs is 1. The predicted molar refractivity (Wildman–Crippen MR) is 72.7 cm³/mol. The molecule has 1 aliphatic heterocycles. The van der Waals surface area contributed by atoms with Crippen LogP contribution in [0.25, 0.3) is 10.9 Å². The van der Waals surface area contributed by atoms with Crippen molar-refractivity contribution in [1.29, 1.82) is 0 Å². The van der Waals surface area contributed by atoms with Gasteiger partial charge in [0.15, 0.2) is 0 Å². The van der Waals surface area contributed by atoms with E-state index in [9.17, 15) is 4.79 Å². The number of aromatic nitrogens is 1. The quantitative estimate of drug-likeness (QED) is 0.879. The lowest BCUT2D eigenvalue weighted by Gasteiger charge is -2.26. The van der Waals surface area contributed by atoms with Crippen LogP contribution in [0, 0.1) is 0 Å². The lowest BCUT2D eigenvalue weighted by atomic mass is 10.1. The number of halogens is 1. The van der Waals surface area contributed by atoms with Crippen molar-refractivity contribution in [2.45, 2.75) is 0 Å². The van der Waals surface area contributed by atoms with Crippen molar-refractivity contribution in [2.75, 3.05) is 26.3 Å². The van der Waals surface area contributed by atoms with Gasteiger partial charge in [-0.25, -0.2) is 0 Å². The lowest BCUT2D eigenvalue weighted by Crippen LogP contribution is -2.40. The number of amides is 1. The van der Waals surface area contributed by atoms with E-state index in [0.717, 1.165) is 20.9 Å². The summed E-state index contributed by atoms with van der Waals surface area (Å²) in [5.74, 6) is 0.0758. The molecule has 0 saturated carbocycles. The third kappa shape index (κ3) is 2.04. The van der Waals surface area contributed by atoms with Crippen molar-refractivity contribution in [2.24, 2.45) is 0 Å². The summed E-state index contributed by atoms with van der Waals surface area (Å²) in [6.07, 6.45) is 1.79. The molecular formula is C13H13BrN2O2. The molecule has 18 heavy (non-hydrogen) atoms. The van der Waals surface area contributed by atoms with Crippen LogP contribution in [0.2, 0.25) is 0 Å². The Hall–Kier alpha value is -1.33. The first kappa shape index (κ1) is 11.7. The number of carbonyl (C=O) groups is 1. The molecule has 1 fully saturated rings. The fourth-order valence-electron chi connectivity index (χ4n) is 2.21. The fraction of sp³-hybridized carbons (Fsp3) is 0.308. The number of hydrogen-bond donors (Lipinski definition) is 1. The molecule has 0 radical (unpaired) electrons. The highest BCUT2D eigenvalue weighted by Gasteiger charge is 2.21. The number of morpholine rings is 1. The molecule has 94 valence electrons. The summed E-state index contributed by atoms with van der Waals surface area (Å²) in [6, 6.07) is 5.89. The molecule has 0 atom stereocenters. The minimum atomic E-state index is 0.0758. The molecule has 2 heterocycles. The number of nitrogens with one attached hydrogen (secondary N) is 1. The van der Waals surface area contributed by atoms with E-state index in [2.05, 4.69) is 20.9 Å². The van der Waals surface area contributed by atoms with Gasteiger partial charge >= 0.3 is 0 Å². The van der Waals surface area contributed by atoms with Crippen molar-refractivity contribution in [1.82, 2.24) is 9.88 Å². The minimum Gasteiger partial charge on any atom is -0.378 e. The van der Waals surface area contributed by atoms with Gasteiger partial charge in [0.1, 0.15) is 0 Å². The number of hydrogen-bond acceptors (Lipinski definition) is 2. The van der Waals surface area contributed by atoms with Gasteiger partial charge in [-0.3, -0.25) is 4.79 Å². The molecule has 2 aromatic rings. The number of aromatic amines is 1. The zero-order valence-corrected chi connectivity index (χ0v) is 11.4. The summed E-state index contributed by atoms with van der Waals surface area (Å²) >= 11 is 3.42. The van der Waals surface area contributed by atoms with E-state index in [1.165, 1.54) is 0 Å². The first-order valence-electron chi connectivity index (χ1n) is 5.89. The number of H-pyrrole nitrogens is 1. The van der Waals surface area contributed by atoms with Crippen LogP contribution in [0.3, 0.4) is 0 Å². The molecule has 5 heteroatoms. The van der Waals surface area contributed by atoms with Crippen LogP contribution in [-0.4, -0.2) is 42.1 Å². The average Bonchev–Trinajstić information content (AvgIpc) is 2.81. The Balaban J connectivity index is 1.96. The minimum absolute atomic E-state index is 0.0758. The lowest BCUT2D eigenvalue weighted by molar-refractivity contribution is 0.0304. The van der Waals surface area contributed by atoms with Crippen molar-refractivity contribution in [3.05, 3.63) is 34.4 Å². The van der Waals surface area contributed by atoms with Crippen LogP contribution in [-0.2, 0) is 4.74 Å². The van der Waals surface area contributed by atoms with Crippen LogP contribution in [0.5, 0.6) is 0 Å². The molecule has 0 bridgehead atoms. The smallest absolute Gasteiger partial charge is 0.256 e. The normalized spacial score (nSPS) is 16.2. The van der Waals surface area contributed by atoms with Gasteiger partial charge in [0.05, 0.1) is 18.8 Å². The van der Waals surface area contributed by atoms with Crippen LogP contribution in [0.15, 0.2) is 28.9 Å². The molecule has 1 N–H and O–H groups in total. The van der Waals surface area contributed by atoms with Crippen LogP contribution >= 0.6 is 15.9 Å².